The Morgan fingerprint density at radius 3 is 2.73 bits per heavy atom. The van der Waals surface area contributed by atoms with Crippen molar-refractivity contribution in [3.05, 3.63) is 20.8 Å². The SMILES string of the molecule is NC1CC(c2cc(Br)cs2)C1. The quantitative estimate of drug-likeness (QED) is 0.791. The molecule has 2 N–H and O–H groups in total. The van der Waals surface area contributed by atoms with Gasteiger partial charge in [-0.1, -0.05) is 0 Å². The molecule has 1 heterocycles. The maximum atomic E-state index is 5.71. The van der Waals surface area contributed by atoms with E-state index in [0.717, 1.165) is 5.92 Å². The van der Waals surface area contributed by atoms with E-state index in [-0.39, 0.29) is 0 Å². The van der Waals surface area contributed by atoms with Gasteiger partial charge in [-0.15, -0.1) is 11.3 Å². The molecule has 60 valence electrons. The van der Waals surface area contributed by atoms with Crippen LogP contribution in [0.5, 0.6) is 0 Å². The summed E-state index contributed by atoms with van der Waals surface area (Å²) < 4.78 is 1.21. The Balaban J connectivity index is 2.07. The van der Waals surface area contributed by atoms with Crippen LogP contribution in [-0.4, -0.2) is 6.04 Å². The summed E-state index contributed by atoms with van der Waals surface area (Å²) in [5.41, 5.74) is 5.71. The lowest BCUT2D eigenvalue weighted by Crippen LogP contribution is -2.34. The normalized spacial score (nSPS) is 30.0. The molecule has 0 bridgehead atoms. The third-order valence-electron chi connectivity index (χ3n) is 2.16. The Morgan fingerprint density at radius 2 is 2.27 bits per heavy atom. The Kier molecular flexibility index (Phi) is 2.04. The van der Waals surface area contributed by atoms with Crippen LogP contribution in [0.3, 0.4) is 0 Å². The van der Waals surface area contributed by atoms with Crippen molar-refractivity contribution in [2.24, 2.45) is 5.73 Å². The summed E-state index contributed by atoms with van der Waals surface area (Å²) in [6.45, 7) is 0. The number of rotatable bonds is 1. The maximum absolute atomic E-state index is 5.71. The molecule has 0 unspecified atom stereocenters. The largest absolute Gasteiger partial charge is 0.328 e. The lowest BCUT2D eigenvalue weighted by Gasteiger charge is -2.31. The summed E-state index contributed by atoms with van der Waals surface area (Å²) in [6, 6.07) is 2.67. The van der Waals surface area contributed by atoms with E-state index in [4.69, 9.17) is 5.73 Å². The standard InChI is InChI=1S/C8H10BrNS/c9-6-3-8(11-4-6)5-1-7(10)2-5/h3-5,7H,1-2,10H2. The maximum Gasteiger partial charge on any atom is 0.0285 e. The van der Waals surface area contributed by atoms with Crippen molar-refractivity contribution in [1.82, 2.24) is 0 Å². The van der Waals surface area contributed by atoms with Crippen LogP contribution in [0.2, 0.25) is 0 Å². The molecule has 1 aliphatic rings. The minimum atomic E-state index is 0.459. The summed E-state index contributed by atoms with van der Waals surface area (Å²) >= 11 is 5.28. The molecule has 0 spiro atoms. The third-order valence-corrected chi connectivity index (χ3v) is 4.02. The van der Waals surface area contributed by atoms with Crippen molar-refractivity contribution in [3.63, 3.8) is 0 Å². The van der Waals surface area contributed by atoms with Crippen LogP contribution in [0.25, 0.3) is 0 Å². The van der Waals surface area contributed by atoms with Gasteiger partial charge < -0.3 is 5.73 Å². The fourth-order valence-electron chi connectivity index (χ4n) is 1.44. The number of hydrogen-bond donors (Lipinski definition) is 1. The highest BCUT2D eigenvalue weighted by molar-refractivity contribution is 9.10. The Hall–Kier alpha value is 0.140. The van der Waals surface area contributed by atoms with Gasteiger partial charge in [0.1, 0.15) is 0 Å². The molecule has 1 aliphatic carbocycles. The van der Waals surface area contributed by atoms with Gasteiger partial charge >= 0.3 is 0 Å². The first kappa shape index (κ1) is 7.77. The monoisotopic (exact) mass is 231 g/mol. The zero-order valence-electron chi connectivity index (χ0n) is 6.09. The number of hydrogen-bond acceptors (Lipinski definition) is 2. The number of thiophene rings is 1. The van der Waals surface area contributed by atoms with Gasteiger partial charge in [0.05, 0.1) is 0 Å². The minimum absolute atomic E-state index is 0.459. The second-order valence-corrected chi connectivity index (χ2v) is 4.95. The number of nitrogens with two attached hydrogens (primary N) is 1. The van der Waals surface area contributed by atoms with Crippen LogP contribution < -0.4 is 5.73 Å². The van der Waals surface area contributed by atoms with Crippen molar-refractivity contribution >= 4 is 27.3 Å². The van der Waals surface area contributed by atoms with E-state index in [9.17, 15) is 0 Å². The topological polar surface area (TPSA) is 26.0 Å². The lowest BCUT2D eigenvalue weighted by atomic mass is 9.80. The smallest absolute Gasteiger partial charge is 0.0285 e. The molecule has 0 aromatic carbocycles. The Labute approximate surface area is 78.7 Å². The first-order chi connectivity index (χ1) is 5.25. The molecule has 1 nitrogen and oxygen atoms in total. The predicted octanol–water partition coefficient (Wildman–Crippen LogP) is 2.72. The van der Waals surface area contributed by atoms with E-state index in [1.54, 1.807) is 0 Å². The second-order valence-electron chi connectivity index (χ2n) is 3.10. The average molecular weight is 232 g/mol. The molecule has 1 saturated carbocycles. The highest BCUT2D eigenvalue weighted by atomic mass is 79.9. The highest BCUT2D eigenvalue weighted by Gasteiger charge is 2.28. The highest BCUT2D eigenvalue weighted by Crippen LogP contribution is 2.39. The molecule has 1 aromatic heterocycles. The summed E-state index contributed by atoms with van der Waals surface area (Å²) in [5, 5.41) is 2.14. The van der Waals surface area contributed by atoms with Crippen LogP contribution in [0.4, 0.5) is 0 Å². The summed E-state index contributed by atoms with van der Waals surface area (Å²) in [6.07, 6.45) is 2.35. The average Bonchev–Trinajstić information content (AvgIpc) is 2.29. The van der Waals surface area contributed by atoms with E-state index < -0.39 is 0 Å². The van der Waals surface area contributed by atoms with Crippen LogP contribution in [-0.2, 0) is 0 Å². The van der Waals surface area contributed by atoms with Gasteiger partial charge in [0, 0.05) is 20.8 Å². The van der Waals surface area contributed by atoms with Gasteiger partial charge in [0.25, 0.3) is 0 Å². The lowest BCUT2D eigenvalue weighted by molar-refractivity contribution is 0.356. The van der Waals surface area contributed by atoms with Gasteiger partial charge in [-0.3, -0.25) is 0 Å². The summed E-state index contributed by atoms with van der Waals surface area (Å²) in [4.78, 5) is 1.48. The van der Waals surface area contributed by atoms with E-state index in [2.05, 4.69) is 27.4 Å². The molecular formula is C8H10BrNS. The van der Waals surface area contributed by atoms with Crippen molar-refractivity contribution < 1.29 is 0 Å². The molecule has 1 fully saturated rings. The van der Waals surface area contributed by atoms with E-state index in [1.165, 1.54) is 22.2 Å². The molecule has 11 heavy (non-hydrogen) atoms. The van der Waals surface area contributed by atoms with Gasteiger partial charge in [0.2, 0.25) is 0 Å². The van der Waals surface area contributed by atoms with Gasteiger partial charge in [-0.2, -0.15) is 0 Å². The van der Waals surface area contributed by atoms with E-state index in [1.807, 2.05) is 11.3 Å². The van der Waals surface area contributed by atoms with Crippen LogP contribution in [0, 0.1) is 0 Å². The zero-order chi connectivity index (χ0) is 7.84. The Bertz CT molecular complexity index is 252. The zero-order valence-corrected chi connectivity index (χ0v) is 8.49. The predicted molar refractivity (Wildman–Crippen MR) is 52.0 cm³/mol. The molecule has 0 atom stereocenters. The van der Waals surface area contributed by atoms with Crippen molar-refractivity contribution in [2.45, 2.75) is 24.8 Å². The molecule has 2 rings (SSSR count). The minimum Gasteiger partial charge on any atom is -0.328 e. The van der Waals surface area contributed by atoms with Gasteiger partial charge in [-0.05, 0) is 40.8 Å². The fourth-order valence-corrected chi connectivity index (χ4v) is 3.01. The molecule has 3 heteroatoms. The van der Waals surface area contributed by atoms with Crippen LogP contribution in [0.1, 0.15) is 23.6 Å². The first-order valence-electron chi connectivity index (χ1n) is 3.75. The van der Waals surface area contributed by atoms with E-state index in [0.29, 0.717) is 6.04 Å². The molecule has 0 amide bonds. The summed E-state index contributed by atoms with van der Waals surface area (Å²) in [7, 11) is 0. The first-order valence-corrected chi connectivity index (χ1v) is 5.42. The summed E-state index contributed by atoms with van der Waals surface area (Å²) in [5.74, 6) is 0.751. The van der Waals surface area contributed by atoms with Crippen molar-refractivity contribution in [2.75, 3.05) is 0 Å². The Morgan fingerprint density at radius 1 is 1.55 bits per heavy atom. The second kappa shape index (κ2) is 2.88. The van der Waals surface area contributed by atoms with E-state index >= 15 is 0 Å². The van der Waals surface area contributed by atoms with Crippen molar-refractivity contribution in [3.8, 4) is 0 Å². The van der Waals surface area contributed by atoms with Crippen molar-refractivity contribution in [1.29, 1.82) is 0 Å². The van der Waals surface area contributed by atoms with Gasteiger partial charge in [0.15, 0.2) is 0 Å². The molecule has 0 saturated heterocycles. The molecule has 0 aliphatic heterocycles. The third kappa shape index (κ3) is 1.50. The van der Waals surface area contributed by atoms with Crippen LogP contribution in [0.15, 0.2) is 15.9 Å². The fraction of sp³-hybridized carbons (Fsp3) is 0.500. The molecule has 1 aromatic rings. The molecule has 0 radical (unpaired) electrons. The van der Waals surface area contributed by atoms with Gasteiger partial charge in [-0.25, -0.2) is 0 Å². The molecular weight excluding hydrogens is 222 g/mol. The van der Waals surface area contributed by atoms with Crippen LogP contribution >= 0.6 is 27.3 Å². The number of halogens is 1.